The summed E-state index contributed by atoms with van der Waals surface area (Å²) in [4.78, 5) is 74.7. The van der Waals surface area contributed by atoms with E-state index in [1.54, 1.807) is 0 Å². The van der Waals surface area contributed by atoms with Crippen molar-refractivity contribution in [1.29, 1.82) is 0 Å². The average Bonchev–Trinajstić information content (AvgIpc) is 3.63. The Morgan fingerprint density at radius 1 is 0.574 bits per heavy atom. The summed E-state index contributed by atoms with van der Waals surface area (Å²) in [5, 5.41) is 12.2. The standard InChI is InChI=1S/2C16H24N3O3Si.Mo/c2*1-23(2,19-16(22)12-6-4-3-5-7-12)14-9-8-13(17-10-20)15(14)18-11-21;/h2*10-12H,3-8H2,1-2H3,(H,17,20)(H,18,21)(H,19,22);/q2*-1;+2. The van der Waals surface area contributed by atoms with E-state index in [-0.39, 0.29) is 44.7 Å². The van der Waals surface area contributed by atoms with Crippen LogP contribution in [0.15, 0.2) is 33.2 Å². The van der Waals surface area contributed by atoms with Gasteiger partial charge in [-0.1, -0.05) is 74.2 Å². The van der Waals surface area contributed by atoms with Crippen molar-refractivity contribution >= 4 is 53.9 Å². The van der Waals surface area contributed by atoms with Crippen molar-refractivity contribution in [2.45, 2.75) is 103 Å². The predicted octanol–water partition coefficient (Wildman–Crippen LogP) is 2.53. The first-order chi connectivity index (χ1) is 22.0. The Bertz CT molecular complexity index is 1200. The van der Waals surface area contributed by atoms with Crippen LogP contribution in [0.1, 0.15) is 77.0 Å². The van der Waals surface area contributed by atoms with Crippen LogP contribution in [0, 0.1) is 24.0 Å². The summed E-state index contributed by atoms with van der Waals surface area (Å²) >= 11 is 0. The fourth-order valence-corrected chi connectivity index (χ4v) is 11.2. The van der Waals surface area contributed by atoms with Crippen molar-refractivity contribution in [3.63, 3.8) is 0 Å². The molecule has 2 saturated carbocycles. The van der Waals surface area contributed by atoms with Crippen LogP contribution in [0.25, 0.3) is 0 Å². The fraction of sp³-hybridized carbons (Fsp3) is 0.562. The fourth-order valence-electron chi connectivity index (χ4n) is 6.58. The van der Waals surface area contributed by atoms with Crippen molar-refractivity contribution in [3.8, 4) is 0 Å². The Hall–Kier alpha value is -3.10. The number of hydrogen-bond donors (Lipinski definition) is 6. The monoisotopic (exact) mass is 766 g/mol. The third-order valence-corrected chi connectivity index (χ3v) is 14.0. The van der Waals surface area contributed by atoms with Gasteiger partial charge in [0.2, 0.25) is 24.6 Å². The first kappa shape index (κ1) is 40.1. The molecule has 2 fully saturated rings. The molecule has 0 aromatic rings. The summed E-state index contributed by atoms with van der Waals surface area (Å²) < 4.78 is 0. The van der Waals surface area contributed by atoms with Crippen LogP contribution < -0.4 is 31.2 Å². The van der Waals surface area contributed by atoms with E-state index in [0.717, 1.165) is 61.8 Å². The van der Waals surface area contributed by atoms with E-state index >= 15 is 0 Å². The van der Waals surface area contributed by atoms with Gasteiger partial charge in [0.1, 0.15) is 16.5 Å². The minimum Gasteiger partial charge on any atom is -0.405 e. The Morgan fingerprint density at radius 2 is 0.894 bits per heavy atom. The van der Waals surface area contributed by atoms with Crippen LogP contribution in [0.3, 0.4) is 0 Å². The van der Waals surface area contributed by atoms with Gasteiger partial charge in [-0.3, -0.25) is 40.9 Å². The number of hydrogen-bond acceptors (Lipinski definition) is 6. The van der Waals surface area contributed by atoms with E-state index in [9.17, 15) is 28.8 Å². The molecule has 0 spiro atoms. The molecule has 47 heavy (non-hydrogen) atoms. The second-order valence-electron chi connectivity index (χ2n) is 13.1. The molecule has 6 amide bonds. The van der Waals surface area contributed by atoms with Crippen molar-refractivity contribution in [3.05, 3.63) is 45.3 Å². The third-order valence-electron chi connectivity index (χ3n) is 8.93. The van der Waals surface area contributed by atoms with E-state index in [4.69, 9.17) is 0 Å². The van der Waals surface area contributed by atoms with Crippen molar-refractivity contribution in [2.24, 2.45) is 11.8 Å². The van der Waals surface area contributed by atoms with E-state index < -0.39 is 16.5 Å². The van der Waals surface area contributed by atoms with E-state index in [0.29, 0.717) is 61.3 Å². The molecule has 0 unspecified atom stereocenters. The minimum atomic E-state index is -2.32. The smallest absolute Gasteiger partial charge is 0.405 e. The van der Waals surface area contributed by atoms with Gasteiger partial charge in [0.05, 0.1) is 0 Å². The normalized spacial score (nSPS) is 18.7. The molecule has 0 heterocycles. The van der Waals surface area contributed by atoms with Crippen molar-refractivity contribution in [2.75, 3.05) is 0 Å². The molecule has 15 heteroatoms. The zero-order valence-electron chi connectivity index (χ0n) is 27.8. The summed E-state index contributed by atoms with van der Waals surface area (Å²) in [6, 6.07) is 0. The summed E-state index contributed by atoms with van der Waals surface area (Å²) in [7, 11) is -4.64. The van der Waals surface area contributed by atoms with Gasteiger partial charge in [0, 0.05) is 11.8 Å². The Kier molecular flexibility index (Phi) is 16.2. The molecule has 0 bridgehead atoms. The number of allylic oxidation sites excluding steroid dienone is 4. The third kappa shape index (κ3) is 11.0. The van der Waals surface area contributed by atoms with Crippen LogP contribution in [-0.4, -0.2) is 53.9 Å². The molecule has 12 nitrogen and oxygen atoms in total. The van der Waals surface area contributed by atoms with Gasteiger partial charge in [-0.05, 0) is 51.9 Å². The summed E-state index contributed by atoms with van der Waals surface area (Å²) in [5.41, 5.74) is 2.39. The van der Waals surface area contributed by atoms with Gasteiger partial charge >= 0.3 is 21.1 Å². The SMILES string of the molecule is C[Si](C)(NC(=O)C1CCCCC1)C1=[C-]CC(NC=O)=C1NC=O.C[Si](C)(NC(=O)C1CCCCC1)C1=[C-]CC(NC=O)=C1NC=O.[Mo+2]. The van der Waals surface area contributed by atoms with Crippen LogP contribution >= 0.6 is 0 Å². The number of carbonyl (C=O) groups excluding carboxylic acids is 6. The molecule has 0 aliphatic heterocycles. The minimum absolute atomic E-state index is 0. The summed E-state index contributed by atoms with van der Waals surface area (Å²) in [6.07, 6.45) is 20.3. The molecule has 4 aliphatic rings. The maximum absolute atomic E-state index is 12.5. The molecule has 0 aromatic carbocycles. The molecule has 0 aromatic heterocycles. The van der Waals surface area contributed by atoms with E-state index in [2.05, 4.69) is 43.4 Å². The molecule has 256 valence electrons. The molecular formula is C32H48MoN6O6Si2. The maximum Gasteiger partial charge on any atom is 2.00 e. The van der Waals surface area contributed by atoms with Gasteiger partial charge in [-0.25, -0.2) is 0 Å². The van der Waals surface area contributed by atoms with Gasteiger partial charge in [-0.2, -0.15) is 10.4 Å². The molecule has 0 saturated heterocycles. The molecule has 0 atom stereocenters. The van der Waals surface area contributed by atoms with Crippen molar-refractivity contribution in [1.82, 2.24) is 31.2 Å². The summed E-state index contributed by atoms with van der Waals surface area (Å²) in [6.45, 7) is 8.08. The number of nitrogens with one attached hydrogen (secondary N) is 6. The molecular weight excluding hydrogens is 717 g/mol. The van der Waals surface area contributed by atoms with Crippen molar-refractivity contribution < 1.29 is 49.8 Å². The Balaban J connectivity index is 0.000000320. The van der Waals surface area contributed by atoms with Crippen LogP contribution in [0.5, 0.6) is 0 Å². The Morgan fingerprint density at radius 3 is 1.19 bits per heavy atom. The quantitative estimate of drug-likeness (QED) is 0.0901. The van der Waals surface area contributed by atoms with Crippen LogP contribution in [0.2, 0.25) is 26.2 Å². The zero-order chi connectivity index (χ0) is 33.7. The Labute approximate surface area is 294 Å². The number of amides is 6. The topological polar surface area (TPSA) is 175 Å². The second kappa shape index (κ2) is 19.0. The maximum atomic E-state index is 12.5. The number of carbonyl (C=O) groups is 6. The van der Waals surface area contributed by atoms with Gasteiger partial charge in [0.25, 0.3) is 0 Å². The summed E-state index contributed by atoms with van der Waals surface area (Å²) in [5.74, 6) is 0.406. The second-order valence-corrected chi connectivity index (χ2v) is 21.1. The van der Waals surface area contributed by atoms with E-state index in [1.807, 2.05) is 26.2 Å². The van der Waals surface area contributed by atoms with Gasteiger partial charge in [-0.15, -0.1) is 0 Å². The van der Waals surface area contributed by atoms with Gasteiger partial charge < -0.3 is 31.2 Å². The molecule has 0 radical (unpaired) electrons. The predicted molar refractivity (Wildman–Crippen MR) is 178 cm³/mol. The largest absolute Gasteiger partial charge is 2.00 e. The molecule has 4 rings (SSSR count). The van der Waals surface area contributed by atoms with E-state index in [1.165, 1.54) is 12.8 Å². The first-order valence-electron chi connectivity index (χ1n) is 16.1. The van der Waals surface area contributed by atoms with Crippen LogP contribution in [-0.2, 0) is 49.8 Å². The molecule has 4 aliphatic carbocycles. The first-order valence-corrected chi connectivity index (χ1v) is 22.1. The van der Waals surface area contributed by atoms with Gasteiger partial charge in [0.15, 0.2) is 12.8 Å². The van der Waals surface area contributed by atoms with Crippen LogP contribution in [0.4, 0.5) is 0 Å². The number of rotatable bonds is 14. The average molecular weight is 765 g/mol. The molecule has 6 N–H and O–H groups in total. The zero-order valence-corrected chi connectivity index (χ0v) is 31.8.